The number of piperidine rings is 1. The average molecular weight is 479 g/mol. The Morgan fingerprint density at radius 2 is 1.83 bits per heavy atom. The van der Waals surface area contributed by atoms with Crippen molar-refractivity contribution in [3.05, 3.63) is 48.2 Å². The second-order valence-corrected chi connectivity index (χ2v) is 9.83. The fourth-order valence-electron chi connectivity index (χ4n) is 4.82. The van der Waals surface area contributed by atoms with Crippen LogP contribution in [0.15, 0.2) is 36.9 Å². The van der Waals surface area contributed by atoms with Crippen LogP contribution in [0.3, 0.4) is 0 Å². The summed E-state index contributed by atoms with van der Waals surface area (Å²) in [6.45, 7) is 7.98. The van der Waals surface area contributed by atoms with Gasteiger partial charge in [0.2, 0.25) is 11.9 Å². The Morgan fingerprint density at radius 1 is 1.14 bits per heavy atom. The van der Waals surface area contributed by atoms with Gasteiger partial charge in [-0.15, -0.1) is 10.2 Å². The predicted octanol–water partition coefficient (Wildman–Crippen LogP) is 2.33. The molecule has 2 aromatic rings. The number of amides is 2. The third-order valence-corrected chi connectivity index (χ3v) is 7.15. The lowest BCUT2D eigenvalue weighted by Gasteiger charge is -2.38. The van der Waals surface area contributed by atoms with E-state index in [0.29, 0.717) is 5.95 Å². The number of likely N-dealkylation sites (tertiary alicyclic amines) is 1. The lowest BCUT2D eigenvalue weighted by atomic mass is 9.74. The van der Waals surface area contributed by atoms with Gasteiger partial charge in [-0.25, -0.2) is 0 Å². The maximum atomic E-state index is 11.9. The molecular formula is C25H34N8O2. The van der Waals surface area contributed by atoms with E-state index in [9.17, 15) is 9.59 Å². The summed E-state index contributed by atoms with van der Waals surface area (Å²) in [5.41, 5.74) is 7.73. The summed E-state index contributed by atoms with van der Waals surface area (Å²) in [6, 6.07) is 8.38. The summed E-state index contributed by atoms with van der Waals surface area (Å²) in [5.74, 6) is -0.333. The molecule has 0 spiro atoms. The molecule has 2 heterocycles. The predicted molar refractivity (Wildman–Crippen MR) is 136 cm³/mol. The normalized spacial score (nSPS) is 21.8. The van der Waals surface area contributed by atoms with Gasteiger partial charge in [0.25, 0.3) is 5.91 Å². The molecule has 10 heteroatoms. The van der Waals surface area contributed by atoms with Crippen LogP contribution >= 0.6 is 0 Å². The number of anilines is 3. The van der Waals surface area contributed by atoms with Crippen molar-refractivity contribution in [3.8, 4) is 0 Å². The highest BCUT2D eigenvalue weighted by Crippen LogP contribution is 2.35. The van der Waals surface area contributed by atoms with E-state index in [0.717, 1.165) is 50.9 Å². The zero-order valence-electron chi connectivity index (χ0n) is 20.4. The van der Waals surface area contributed by atoms with Crippen LogP contribution in [0.2, 0.25) is 0 Å². The molecule has 4 rings (SSSR count). The minimum absolute atomic E-state index is 0.0237. The number of nitrogens with zero attached hydrogens (tertiary/aromatic N) is 4. The fourth-order valence-corrected chi connectivity index (χ4v) is 4.82. The fraction of sp³-hybridized carbons (Fsp3) is 0.480. The van der Waals surface area contributed by atoms with Gasteiger partial charge in [0.05, 0.1) is 0 Å². The molecule has 1 aromatic carbocycles. The quantitative estimate of drug-likeness (QED) is 0.424. The van der Waals surface area contributed by atoms with Gasteiger partial charge in [-0.1, -0.05) is 25.6 Å². The number of hydrogen-bond acceptors (Lipinski definition) is 8. The van der Waals surface area contributed by atoms with Gasteiger partial charge in [0.1, 0.15) is 0 Å². The highest BCUT2D eigenvalue weighted by molar-refractivity contribution is 5.96. The molecule has 186 valence electrons. The number of carbonyl (C=O) groups excluding carboxylic acids is 2. The van der Waals surface area contributed by atoms with E-state index in [4.69, 9.17) is 5.73 Å². The molecule has 2 amide bonds. The van der Waals surface area contributed by atoms with E-state index in [1.54, 1.807) is 0 Å². The second kappa shape index (κ2) is 10.4. The molecule has 1 saturated heterocycles. The van der Waals surface area contributed by atoms with Gasteiger partial charge in [-0.2, -0.15) is 4.98 Å². The van der Waals surface area contributed by atoms with E-state index in [2.05, 4.69) is 68.7 Å². The van der Waals surface area contributed by atoms with Gasteiger partial charge < -0.3 is 26.6 Å². The van der Waals surface area contributed by atoms with Gasteiger partial charge in [0, 0.05) is 17.8 Å². The number of nitrogens with two attached hydrogens (primary N) is 1. The largest absolute Gasteiger partial charge is 0.364 e. The summed E-state index contributed by atoms with van der Waals surface area (Å²) in [6.07, 6.45) is 5.94. The van der Waals surface area contributed by atoms with Crippen molar-refractivity contribution in [3.63, 3.8) is 0 Å². The Balaban J connectivity index is 1.45. The maximum absolute atomic E-state index is 11.9. The first-order chi connectivity index (χ1) is 16.8. The maximum Gasteiger partial charge on any atom is 0.273 e. The number of hydrogen-bond donors (Lipinski definition) is 4. The Bertz CT molecular complexity index is 1080. The zero-order valence-corrected chi connectivity index (χ0v) is 20.4. The molecule has 5 N–H and O–H groups in total. The van der Waals surface area contributed by atoms with Crippen LogP contribution in [0.25, 0.3) is 0 Å². The SMILES string of the molecule is C=CC(=O)NC1CC[C@@H](Nc2nnc(C(N)=O)c(Nc3ccc(C4(C)CCN(C)CC4)cc3)n2)C1. The Hall–Kier alpha value is -3.53. The lowest BCUT2D eigenvalue weighted by Crippen LogP contribution is -2.38. The molecule has 2 fully saturated rings. The second-order valence-electron chi connectivity index (χ2n) is 9.83. The van der Waals surface area contributed by atoms with E-state index in [1.165, 1.54) is 11.6 Å². The first-order valence-electron chi connectivity index (χ1n) is 12.1. The number of primary amides is 1. The van der Waals surface area contributed by atoms with Crippen LogP contribution in [-0.2, 0) is 10.2 Å². The molecule has 1 saturated carbocycles. The monoisotopic (exact) mass is 478 g/mol. The number of nitrogens with one attached hydrogen (secondary N) is 3. The Labute approximate surface area is 205 Å². The molecule has 1 unspecified atom stereocenters. The van der Waals surface area contributed by atoms with Gasteiger partial charge in [0.15, 0.2) is 11.5 Å². The molecule has 10 nitrogen and oxygen atoms in total. The number of carbonyl (C=O) groups is 2. The van der Waals surface area contributed by atoms with Crippen LogP contribution in [0, 0.1) is 0 Å². The third-order valence-electron chi connectivity index (χ3n) is 7.15. The number of benzene rings is 1. The number of rotatable bonds is 8. The summed E-state index contributed by atoms with van der Waals surface area (Å²) < 4.78 is 0. The van der Waals surface area contributed by atoms with Gasteiger partial charge >= 0.3 is 0 Å². The average Bonchev–Trinajstić information content (AvgIpc) is 3.28. The summed E-state index contributed by atoms with van der Waals surface area (Å²) in [4.78, 5) is 30.3. The van der Waals surface area contributed by atoms with E-state index < -0.39 is 5.91 Å². The molecule has 2 aliphatic rings. The molecule has 1 aliphatic heterocycles. The van der Waals surface area contributed by atoms with Gasteiger partial charge in [-0.05, 0) is 81.4 Å². The third kappa shape index (κ3) is 5.94. The van der Waals surface area contributed by atoms with Crippen molar-refractivity contribution >= 4 is 29.3 Å². The van der Waals surface area contributed by atoms with Crippen molar-refractivity contribution in [2.24, 2.45) is 5.73 Å². The van der Waals surface area contributed by atoms with Crippen molar-refractivity contribution in [2.75, 3.05) is 30.8 Å². The highest BCUT2D eigenvalue weighted by atomic mass is 16.2. The van der Waals surface area contributed by atoms with Crippen LogP contribution in [0.5, 0.6) is 0 Å². The zero-order chi connectivity index (χ0) is 25.0. The summed E-state index contributed by atoms with van der Waals surface area (Å²) in [7, 11) is 2.16. The minimum Gasteiger partial charge on any atom is -0.364 e. The summed E-state index contributed by atoms with van der Waals surface area (Å²) >= 11 is 0. The first-order valence-corrected chi connectivity index (χ1v) is 12.1. The molecule has 35 heavy (non-hydrogen) atoms. The Morgan fingerprint density at radius 3 is 2.49 bits per heavy atom. The van der Waals surface area contributed by atoms with Crippen LogP contribution in [0.1, 0.15) is 55.1 Å². The topological polar surface area (TPSA) is 138 Å². The first kappa shape index (κ1) is 24.6. The van der Waals surface area contributed by atoms with E-state index >= 15 is 0 Å². The van der Waals surface area contributed by atoms with Crippen LogP contribution < -0.4 is 21.7 Å². The smallest absolute Gasteiger partial charge is 0.273 e. The highest BCUT2D eigenvalue weighted by Gasteiger charge is 2.30. The van der Waals surface area contributed by atoms with E-state index in [-0.39, 0.29) is 34.9 Å². The van der Waals surface area contributed by atoms with Crippen molar-refractivity contribution in [2.45, 2.75) is 56.5 Å². The molecule has 1 aromatic heterocycles. The Kier molecular flexibility index (Phi) is 7.30. The van der Waals surface area contributed by atoms with E-state index in [1.807, 2.05) is 12.1 Å². The molecule has 2 atom stereocenters. The minimum atomic E-state index is -0.706. The van der Waals surface area contributed by atoms with Crippen LogP contribution in [-0.4, -0.2) is 64.1 Å². The van der Waals surface area contributed by atoms with Crippen LogP contribution in [0.4, 0.5) is 17.5 Å². The molecule has 1 aliphatic carbocycles. The molecule has 0 radical (unpaired) electrons. The van der Waals surface area contributed by atoms with Crippen molar-refractivity contribution in [1.82, 2.24) is 25.4 Å². The molecule has 0 bridgehead atoms. The van der Waals surface area contributed by atoms with Gasteiger partial charge in [-0.3, -0.25) is 9.59 Å². The number of aromatic nitrogens is 3. The summed E-state index contributed by atoms with van der Waals surface area (Å²) in [5, 5.41) is 17.4. The molecular weight excluding hydrogens is 444 g/mol. The van der Waals surface area contributed by atoms with Crippen molar-refractivity contribution < 1.29 is 9.59 Å². The standard InChI is InChI=1S/C25H34N8O2/c1-4-20(34)27-18-9-10-19(15-18)29-24-30-23(21(22(26)35)31-32-24)28-17-7-5-16(6-8-17)25(2)11-13-33(3)14-12-25/h4-8,18-19H,1,9-15H2,2-3H3,(H2,26,35)(H,27,34)(H2,28,29,30,32)/t18?,19-/m1/s1. The lowest BCUT2D eigenvalue weighted by molar-refractivity contribution is -0.117. The van der Waals surface area contributed by atoms with Crippen molar-refractivity contribution in [1.29, 1.82) is 0 Å².